The van der Waals surface area contributed by atoms with Gasteiger partial charge in [0, 0.05) is 18.7 Å². The van der Waals surface area contributed by atoms with Crippen molar-refractivity contribution in [1.82, 2.24) is 4.90 Å². The molecule has 1 aromatic carbocycles. The van der Waals surface area contributed by atoms with Gasteiger partial charge in [0.05, 0.1) is 19.1 Å². The van der Waals surface area contributed by atoms with Gasteiger partial charge >= 0.3 is 0 Å². The van der Waals surface area contributed by atoms with Gasteiger partial charge in [-0.15, -0.1) is 0 Å². The van der Waals surface area contributed by atoms with Crippen molar-refractivity contribution in [2.24, 2.45) is 5.73 Å². The Labute approximate surface area is 108 Å². The predicted molar refractivity (Wildman–Crippen MR) is 70.5 cm³/mol. The smallest absolute Gasteiger partial charge is 0.227 e. The van der Waals surface area contributed by atoms with E-state index in [9.17, 15) is 4.79 Å². The van der Waals surface area contributed by atoms with E-state index in [0.29, 0.717) is 19.5 Å². The van der Waals surface area contributed by atoms with Crippen LogP contribution in [0.4, 0.5) is 0 Å². The molecule has 1 aliphatic heterocycles. The highest BCUT2D eigenvalue weighted by Gasteiger charge is 2.40. The maximum absolute atomic E-state index is 12.1. The Morgan fingerprint density at radius 3 is 2.72 bits per heavy atom. The molecule has 1 fully saturated rings. The molecule has 1 heterocycles. The third-order valence-corrected chi connectivity index (χ3v) is 3.60. The molecule has 0 radical (unpaired) electrons. The molecule has 2 rings (SSSR count). The number of carbonyl (C=O) groups excluding carboxylic acids is 1. The Hall–Kier alpha value is -1.55. The number of nitrogens with zero attached hydrogens (tertiary/aromatic N) is 1. The van der Waals surface area contributed by atoms with E-state index in [-0.39, 0.29) is 11.4 Å². The zero-order valence-electron chi connectivity index (χ0n) is 11.0. The number of carbonyl (C=O) groups is 1. The molecule has 1 amide bonds. The van der Waals surface area contributed by atoms with Crippen LogP contribution in [0.1, 0.15) is 18.9 Å². The number of rotatable bonds is 4. The first kappa shape index (κ1) is 12.9. The van der Waals surface area contributed by atoms with Gasteiger partial charge in [0.1, 0.15) is 5.75 Å². The van der Waals surface area contributed by atoms with Gasteiger partial charge in [-0.25, -0.2) is 0 Å². The highest BCUT2D eigenvalue weighted by atomic mass is 16.5. The van der Waals surface area contributed by atoms with Gasteiger partial charge in [-0.05, 0) is 12.5 Å². The fourth-order valence-electron chi connectivity index (χ4n) is 2.24. The van der Waals surface area contributed by atoms with E-state index < -0.39 is 0 Å². The Balaban J connectivity index is 1.97. The summed E-state index contributed by atoms with van der Waals surface area (Å²) in [6, 6.07) is 7.61. The van der Waals surface area contributed by atoms with Crippen molar-refractivity contribution in [3.05, 3.63) is 29.8 Å². The standard InChI is InChI=1S/C14H20N2O2/c1-3-14(15)9-16(10-14)13(17)8-11-6-4-5-7-12(11)18-2/h4-7H,3,8-10,15H2,1-2H3. The van der Waals surface area contributed by atoms with Crippen LogP contribution in [0.15, 0.2) is 24.3 Å². The summed E-state index contributed by atoms with van der Waals surface area (Å²) >= 11 is 0. The molecular formula is C14H20N2O2. The monoisotopic (exact) mass is 248 g/mol. The van der Waals surface area contributed by atoms with E-state index in [0.717, 1.165) is 17.7 Å². The molecule has 0 spiro atoms. The maximum Gasteiger partial charge on any atom is 0.227 e. The lowest BCUT2D eigenvalue weighted by molar-refractivity contribution is -0.138. The topological polar surface area (TPSA) is 55.6 Å². The van der Waals surface area contributed by atoms with Gasteiger partial charge in [0.15, 0.2) is 0 Å². The zero-order chi connectivity index (χ0) is 13.2. The Morgan fingerprint density at radius 2 is 2.11 bits per heavy atom. The van der Waals surface area contributed by atoms with Crippen LogP contribution >= 0.6 is 0 Å². The van der Waals surface area contributed by atoms with Crippen molar-refractivity contribution in [2.75, 3.05) is 20.2 Å². The average Bonchev–Trinajstić information content (AvgIpc) is 2.35. The van der Waals surface area contributed by atoms with Crippen LogP contribution in [0.2, 0.25) is 0 Å². The molecule has 0 bridgehead atoms. The molecule has 4 heteroatoms. The molecule has 0 aromatic heterocycles. The fourth-order valence-corrected chi connectivity index (χ4v) is 2.24. The van der Waals surface area contributed by atoms with Crippen LogP contribution in [0.5, 0.6) is 5.75 Å². The minimum atomic E-state index is -0.170. The van der Waals surface area contributed by atoms with Gasteiger partial charge in [0.25, 0.3) is 0 Å². The zero-order valence-corrected chi connectivity index (χ0v) is 11.0. The summed E-state index contributed by atoms with van der Waals surface area (Å²) in [6.45, 7) is 3.39. The molecule has 0 aliphatic carbocycles. The van der Waals surface area contributed by atoms with Crippen LogP contribution in [-0.4, -0.2) is 36.5 Å². The third-order valence-electron chi connectivity index (χ3n) is 3.60. The lowest BCUT2D eigenvalue weighted by atomic mass is 9.88. The first-order chi connectivity index (χ1) is 8.58. The number of nitrogens with two attached hydrogens (primary N) is 1. The van der Waals surface area contributed by atoms with Crippen LogP contribution in [0, 0.1) is 0 Å². The number of benzene rings is 1. The number of amides is 1. The van der Waals surface area contributed by atoms with Crippen molar-refractivity contribution in [1.29, 1.82) is 0 Å². The van der Waals surface area contributed by atoms with Crippen molar-refractivity contribution >= 4 is 5.91 Å². The Morgan fingerprint density at radius 1 is 1.44 bits per heavy atom. The second-order valence-corrected chi connectivity index (χ2v) is 4.95. The average molecular weight is 248 g/mol. The van der Waals surface area contributed by atoms with E-state index in [1.165, 1.54) is 0 Å². The van der Waals surface area contributed by atoms with E-state index in [1.807, 2.05) is 29.2 Å². The van der Waals surface area contributed by atoms with Gasteiger partial charge in [-0.2, -0.15) is 0 Å². The summed E-state index contributed by atoms with van der Waals surface area (Å²) in [7, 11) is 1.62. The molecule has 1 aromatic rings. The number of para-hydroxylation sites is 1. The van der Waals surface area contributed by atoms with Crippen LogP contribution < -0.4 is 10.5 Å². The van der Waals surface area contributed by atoms with Crippen LogP contribution in [0.25, 0.3) is 0 Å². The van der Waals surface area contributed by atoms with Crippen LogP contribution in [-0.2, 0) is 11.2 Å². The summed E-state index contributed by atoms with van der Waals surface area (Å²) < 4.78 is 5.24. The highest BCUT2D eigenvalue weighted by molar-refractivity contribution is 5.80. The lowest BCUT2D eigenvalue weighted by Gasteiger charge is -2.47. The van der Waals surface area contributed by atoms with Gasteiger partial charge in [-0.3, -0.25) is 4.79 Å². The summed E-state index contributed by atoms with van der Waals surface area (Å²) in [5.41, 5.74) is 6.82. The SMILES string of the molecule is CCC1(N)CN(C(=O)Cc2ccccc2OC)C1. The van der Waals surface area contributed by atoms with Gasteiger partial charge < -0.3 is 15.4 Å². The summed E-state index contributed by atoms with van der Waals surface area (Å²) in [5.74, 6) is 0.884. The molecule has 4 nitrogen and oxygen atoms in total. The van der Waals surface area contributed by atoms with Crippen molar-refractivity contribution in [2.45, 2.75) is 25.3 Å². The second kappa shape index (κ2) is 4.98. The lowest BCUT2D eigenvalue weighted by Crippen LogP contribution is -2.68. The maximum atomic E-state index is 12.1. The number of hydrogen-bond acceptors (Lipinski definition) is 3. The molecule has 18 heavy (non-hydrogen) atoms. The number of methoxy groups -OCH3 is 1. The molecule has 1 saturated heterocycles. The first-order valence-corrected chi connectivity index (χ1v) is 6.26. The summed E-state index contributed by atoms with van der Waals surface area (Å²) in [6.07, 6.45) is 1.29. The van der Waals surface area contributed by atoms with E-state index in [2.05, 4.69) is 6.92 Å². The molecule has 98 valence electrons. The minimum Gasteiger partial charge on any atom is -0.496 e. The highest BCUT2D eigenvalue weighted by Crippen LogP contribution is 2.24. The Bertz CT molecular complexity index is 439. The van der Waals surface area contributed by atoms with Crippen molar-refractivity contribution in [3.63, 3.8) is 0 Å². The Kier molecular flexibility index (Phi) is 3.57. The van der Waals surface area contributed by atoms with Gasteiger partial charge in [-0.1, -0.05) is 25.1 Å². The van der Waals surface area contributed by atoms with E-state index >= 15 is 0 Å². The van der Waals surface area contributed by atoms with Crippen molar-refractivity contribution in [3.8, 4) is 5.75 Å². The third kappa shape index (κ3) is 2.48. The summed E-state index contributed by atoms with van der Waals surface area (Å²) in [5, 5.41) is 0. The van der Waals surface area contributed by atoms with Crippen LogP contribution in [0.3, 0.4) is 0 Å². The molecule has 0 atom stereocenters. The molecule has 0 saturated carbocycles. The number of ether oxygens (including phenoxy) is 1. The van der Waals surface area contributed by atoms with Crippen molar-refractivity contribution < 1.29 is 9.53 Å². The fraction of sp³-hybridized carbons (Fsp3) is 0.500. The van der Waals surface area contributed by atoms with Gasteiger partial charge in [0.2, 0.25) is 5.91 Å². The number of likely N-dealkylation sites (tertiary alicyclic amines) is 1. The predicted octanol–water partition coefficient (Wildman–Crippen LogP) is 1.19. The molecule has 0 unspecified atom stereocenters. The number of hydrogen-bond donors (Lipinski definition) is 1. The first-order valence-electron chi connectivity index (χ1n) is 6.26. The molecular weight excluding hydrogens is 228 g/mol. The normalized spacial score (nSPS) is 17.2. The quantitative estimate of drug-likeness (QED) is 0.870. The molecule has 1 aliphatic rings. The molecule has 2 N–H and O–H groups in total. The largest absolute Gasteiger partial charge is 0.496 e. The minimum absolute atomic E-state index is 0.119. The summed E-state index contributed by atoms with van der Waals surface area (Å²) in [4.78, 5) is 13.9. The van der Waals surface area contributed by atoms with E-state index in [1.54, 1.807) is 7.11 Å². The second-order valence-electron chi connectivity index (χ2n) is 4.95. The van der Waals surface area contributed by atoms with E-state index in [4.69, 9.17) is 10.5 Å².